The standard InChI is InChI=1S/C24H29N3O/c1-4-5-7-15-22(19-12-8-6-9-13-19)26-27-23(28)16-21-18(3)25-24-17(2)11-10-14-20(21)24/h6,8-14,25H,4-5,7,15-16H2,1-3H3,(H,27,28). The van der Waals surface area contributed by atoms with Crippen molar-refractivity contribution >= 4 is 22.5 Å². The van der Waals surface area contributed by atoms with E-state index in [4.69, 9.17) is 0 Å². The molecule has 4 nitrogen and oxygen atoms in total. The highest BCUT2D eigenvalue weighted by Gasteiger charge is 2.13. The van der Waals surface area contributed by atoms with Gasteiger partial charge in [0.2, 0.25) is 5.91 Å². The summed E-state index contributed by atoms with van der Waals surface area (Å²) in [6.45, 7) is 6.28. The van der Waals surface area contributed by atoms with E-state index in [0.717, 1.165) is 59.1 Å². The Morgan fingerprint density at radius 3 is 2.57 bits per heavy atom. The zero-order valence-electron chi connectivity index (χ0n) is 17.0. The molecule has 28 heavy (non-hydrogen) atoms. The van der Waals surface area contributed by atoms with Gasteiger partial charge in [-0.05, 0) is 43.4 Å². The van der Waals surface area contributed by atoms with Crippen LogP contribution in [0.2, 0.25) is 0 Å². The number of nitrogens with one attached hydrogen (secondary N) is 2. The van der Waals surface area contributed by atoms with Crippen LogP contribution in [0.25, 0.3) is 10.9 Å². The highest BCUT2D eigenvalue weighted by molar-refractivity contribution is 6.01. The van der Waals surface area contributed by atoms with Crippen LogP contribution in [0.3, 0.4) is 0 Å². The van der Waals surface area contributed by atoms with Gasteiger partial charge >= 0.3 is 0 Å². The predicted molar refractivity (Wildman–Crippen MR) is 117 cm³/mol. The fraction of sp³-hybridized carbons (Fsp3) is 0.333. The molecule has 2 aromatic carbocycles. The summed E-state index contributed by atoms with van der Waals surface area (Å²) in [5.74, 6) is -0.0885. The molecule has 1 aromatic heterocycles. The molecule has 3 aromatic rings. The summed E-state index contributed by atoms with van der Waals surface area (Å²) < 4.78 is 0. The van der Waals surface area contributed by atoms with E-state index in [-0.39, 0.29) is 5.91 Å². The number of rotatable bonds is 8. The molecule has 146 valence electrons. The Bertz CT molecular complexity index is 970. The molecule has 0 saturated carbocycles. The van der Waals surface area contributed by atoms with Gasteiger partial charge in [-0.3, -0.25) is 4.79 Å². The summed E-state index contributed by atoms with van der Waals surface area (Å²) >= 11 is 0. The number of fused-ring (bicyclic) bond motifs is 1. The van der Waals surface area contributed by atoms with Crippen LogP contribution in [-0.4, -0.2) is 16.6 Å². The molecule has 4 heteroatoms. The zero-order valence-corrected chi connectivity index (χ0v) is 17.0. The molecule has 0 fully saturated rings. The molecule has 0 radical (unpaired) electrons. The molecular weight excluding hydrogens is 346 g/mol. The quantitative estimate of drug-likeness (QED) is 0.308. The van der Waals surface area contributed by atoms with Gasteiger partial charge in [0.15, 0.2) is 0 Å². The number of nitrogens with zero attached hydrogens (tertiary/aromatic N) is 1. The number of aromatic amines is 1. The third kappa shape index (κ3) is 4.69. The van der Waals surface area contributed by atoms with Gasteiger partial charge in [-0.1, -0.05) is 68.3 Å². The third-order valence-electron chi connectivity index (χ3n) is 5.14. The topological polar surface area (TPSA) is 57.2 Å². The Labute approximate surface area is 167 Å². The van der Waals surface area contributed by atoms with Gasteiger partial charge in [0.05, 0.1) is 12.1 Å². The summed E-state index contributed by atoms with van der Waals surface area (Å²) in [7, 11) is 0. The number of carbonyl (C=O) groups excluding carboxylic acids is 1. The molecule has 1 heterocycles. The summed E-state index contributed by atoms with van der Waals surface area (Å²) in [4.78, 5) is 16.0. The van der Waals surface area contributed by atoms with Crippen molar-refractivity contribution in [3.63, 3.8) is 0 Å². The van der Waals surface area contributed by atoms with Crippen LogP contribution < -0.4 is 5.43 Å². The number of hydrogen-bond acceptors (Lipinski definition) is 2. The number of aromatic nitrogens is 1. The van der Waals surface area contributed by atoms with Gasteiger partial charge in [-0.15, -0.1) is 0 Å². The van der Waals surface area contributed by atoms with Crippen molar-refractivity contribution in [2.24, 2.45) is 5.10 Å². The van der Waals surface area contributed by atoms with E-state index in [1.54, 1.807) is 0 Å². The SMILES string of the molecule is CCCCCC(=NNC(=O)Cc1c(C)[nH]c2c(C)cccc12)c1ccccc1. The first kappa shape index (κ1) is 19.9. The molecule has 0 saturated heterocycles. The molecule has 1 amide bonds. The normalized spacial score (nSPS) is 11.8. The van der Waals surface area contributed by atoms with Gasteiger partial charge in [-0.2, -0.15) is 5.10 Å². The van der Waals surface area contributed by atoms with Crippen LogP contribution in [0.4, 0.5) is 0 Å². The maximum atomic E-state index is 12.6. The molecule has 0 unspecified atom stereocenters. The lowest BCUT2D eigenvalue weighted by atomic mass is 10.0. The van der Waals surface area contributed by atoms with Gasteiger partial charge in [0.1, 0.15) is 0 Å². The van der Waals surface area contributed by atoms with Crippen LogP contribution in [-0.2, 0) is 11.2 Å². The van der Waals surface area contributed by atoms with Crippen LogP contribution in [0.1, 0.15) is 55.0 Å². The summed E-state index contributed by atoms with van der Waals surface area (Å²) in [5, 5.41) is 5.59. The second kappa shape index (κ2) is 9.36. The molecule has 0 aliphatic heterocycles. The maximum absolute atomic E-state index is 12.6. The largest absolute Gasteiger partial charge is 0.358 e. The van der Waals surface area contributed by atoms with Crippen molar-refractivity contribution in [1.82, 2.24) is 10.4 Å². The number of unbranched alkanes of at least 4 members (excludes halogenated alkanes) is 2. The van der Waals surface area contributed by atoms with Crippen LogP contribution in [0.5, 0.6) is 0 Å². The van der Waals surface area contributed by atoms with E-state index >= 15 is 0 Å². The van der Waals surface area contributed by atoms with E-state index in [1.807, 2.05) is 43.3 Å². The van der Waals surface area contributed by atoms with E-state index in [9.17, 15) is 4.79 Å². The monoisotopic (exact) mass is 375 g/mol. The number of hydrogen-bond donors (Lipinski definition) is 2. The molecule has 2 N–H and O–H groups in total. The van der Waals surface area contributed by atoms with Gasteiger partial charge in [0.25, 0.3) is 0 Å². The first-order valence-corrected chi connectivity index (χ1v) is 10.1. The second-order valence-electron chi connectivity index (χ2n) is 7.32. The lowest BCUT2D eigenvalue weighted by molar-refractivity contribution is -0.120. The van der Waals surface area contributed by atoms with Crippen LogP contribution >= 0.6 is 0 Å². The van der Waals surface area contributed by atoms with Crippen molar-refractivity contribution < 1.29 is 4.79 Å². The Hall–Kier alpha value is -2.88. The van der Waals surface area contributed by atoms with Crippen molar-refractivity contribution in [3.05, 3.63) is 70.9 Å². The minimum Gasteiger partial charge on any atom is -0.358 e. The average molecular weight is 376 g/mol. The minimum atomic E-state index is -0.0885. The number of H-pyrrole nitrogens is 1. The van der Waals surface area contributed by atoms with Crippen molar-refractivity contribution in [1.29, 1.82) is 0 Å². The molecule has 3 rings (SSSR count). The number of hydrazone groups is 1. The highest BCUT2D eigenvalue weighted by atomic mass is 16.2. The minimum absolute atomic E-state index is 0.0885. The van der Waals surface area contributed by atoms with E-state index in [1.165, 1.54) is 5.56 Å². The maximum Gasteiger partial charge on any atom is 0.244 e. The molecule has 0 aliphatic rings. The van der Waals surface area contributed by atoms with Gasteiger partial charge in [-0.25, -0.2) is 5.43 Å². The molecule has 0 aliphatic carbocycles. The van der Waals surface area contributed by atoms with Crippen molar-refractivity contribution in [2.45, 2.75) is 52.9 Å². The molecule has 0 atom stereocenters. The van der Waals surface area contributed by atoms with Crippen LogP contribution in [0.15, 0.2) is 53.6 Å². The molecular formula is C24H29N3O. The fourth-order valence-electron chi connectivity index (χ4n) is 3.55. The van der Waals surface area contributed by atoms with Gasteiger partial charge in [0, 0.05) is 16.6 Å². The Morgan fingerprint density at radius 2 is 1.82 bits per heavy atom. The number of carbonyl (C=O) groups is 1. The summed E-state index contributed by atoms with van der Waals surface area (Å²) in [6.07, 6.45) is 4.57. The first-order valence-electron chi connectivity index (χ1n) is 10.1. The fourth-order valence-corrected chi connectivity index (χ4v) is 3.55. The van der Waals surface area contributed by atoms with E-state index < -0.39 is 0 Å². The van der Waals surface area contributed by atoms with E-state index in [2.05, 4.69) is 41.5 Å². The van der Waals surface area contributed by atoms with Crippen molar-refractivity contribution in [3.8, 4) is 0 Å². The number of benzene rings is 2. The number of aryl methyl sites for hydroxylation is 2. The summed E-state index contributed by atoms with van der Waals surface area (Å²) in [6, 6.07) is 16.3. The first-order chi connectivity index (χ1) is 13.6. The predicted octanol–water partition coefficient (Wildman–Crippen LogP) is 5.43. The lowest BCUT2D eigenvalue weighted by Crippen LogP contribution is -2.22. The Morgan fingerprint density at radius 1 is 1.04 bits per heavy atom. The smallest absolute Gasteiger partial charge is 0.244 e. The Kier molecular flexibility index (Phi) is 6.64. The van der Waals surface area contributed by atoms with E-state index in [0.29, 0.717) is 6.42 Å². The van der Waals surface area contributed by atoms with Crippen LogP contribution in [0, 0.1) is 13.8 Å². The molecule has 0 spiro atoms. The summed E-state index contributed by atoms with van der Waals surface area (Å²) in [5.41, 5.74) is 9.17. The Balaban J connectivity index is 1.75. The second-order valence-corrected chi connectivity index (χ2v) is 7.32. The average Bonchev–Trinajstić information content (AvgIpc) is 3.02. The van der Waals surface area contributed by atoms with Crippen molar-refractivity contribution in [2.75, 3.05) is 0 Å². The number of para-hydroxylation sites is 1. The molecule has 0 bridgehead atoms. The highest BCUT2D eigenvalue weighted by Crippen LogP contribution is 2.25. The number of amides is 1. The third-order valence-corrected chi connectivity index (χ3v) is 5.14. The lowest BCUT2D eigenvalue weighted by Gasteiger charge is -2.08. The van der Waals surface area contributed by atoms with Gasteiger partial charge < -0.3 is 4.98 Å². The zero-order chi connectivity index (χ0) is 19.9.